The number of hydrogen-bond donors (Lipinski definition) is 1. The standard InChI is InChI=1S/C21H26N2O4S/c1-4-11-28(25,26)22-14-16-5-6-18-12-15(2)23(20(18)13-16)21(24)17-7-9-19(27-3)10-8-17/h5-10,13,15,22H,4,11-12,14H2,1-3H3/t15-/m1/s1. The largest absolute Gasteiger partial charge is 0.497 e. The van der Waals surface area contributed by atoms with Crippen LogP contribution in [0, 0.1) is 0 Å². The Morgan fingerprint density at radius 3 is 2.57 bits per heavy atom. The third-order valence-electron chi connectivity index (χ3n) is 4.89. The second-order valence-electron chi connectivity index (χ2n) is 7.06. The molecule has 1 atom stereocenters. The van der Waals surface area contributed by atoms with E-state index in [2.05, 4.69) is 4.72 Å². The molecule has 0 fully saturated rings. The predicted molar refractivity (Wildman–Crippen MR) is 110 cm³/mol. The van der Waals surface area contributed by atoms with Crippen LogP contribution in [0.5, 0.6) is 5.75 Å². The van der Waals surface area contributed by atoms with Crippen LogP contribution in [-0.2, 0) is 23.0 Å². The third kappa shape index (κ3) is 4.36. The molecule has 0 bridgehead atoms. The molecule has 3 rings (SSSR count). The minimum absolute atomic E-state index is 0.0386. The van der Waals surface area contributed by atoms with E-state index in [4.69, 9.17) is 4.74 Å². The summed E-state index contributed by atoms with van der Waals surface area (Å²) in [6.45, 7) is 4.07. The fourth-order valence-electron chi connectivity index (χ4n) is 3.48. The van der Waals surface area contributed by atoms with Crippen LogP contribution >= 0.6 is 0 Å². The van der Waals surface area contributed by atoms with Gasteiger partial charge in [-0.05, 0) is 61.2 Å². The molecule has 0 radical (unpaired) electrons. The Hall–Kier alpha value is -2.38. The van der Waals surface area contributed by atoms with E-state index in [-0.39, 0.29) is 24.2 Å². The molecule has 0 aromatic heterocycles. The first-order valence-corrected chi connectivity index (χ1v) is 11.1. The maximum absolute atomic E-state index is 13.1. The summed E-state index contributed by atoms with van der Waals surface area (Å²) >= 11 is 0. The van der Waals surface area contributed by atoms with E-state index in [1.54, 1.807) is 36.3 Å². The number of sulfonamides is 1. The second-order valence-corrected chi connectivity index (χ2v) is 8.99. The molecule has 0 saturated heterocycles. The van der Waals surface area contributed by atoms with E-state index < -0.39 is 10.0 Å². The van der Waals surface area contributed by atoms with Crippen molar-refractivity contribution in [2.75, 3.05) is 17.8 Å². The number of methoxy groups -OCH3 is 1. The molecule has 0 unspecified atom stereocenters. The summed E-state index contributed by atoms with van der Waals surface area (Å²) in [4.78, 5) is 14.9. The van der Waals surface area contributed by atoms with E-state index >= 15 is 0 Å². The number of carbonyl (C=O) groups is 1. The maximum Gasteiger partial charge on any atom is 0.258 e. The highest BCUT2D eigenvalue weighted by molar-refractivity contribution is 7.89. The summed E-state index contributed by atoms with van der Waals surface area (Å²) in [5, 5.41) is 0. The van der Waals surface area contributed by atoms with Gasteiger partial charge in [-0.2, -0.15) is 0 Å². The Morgan fingerprint density at radius 1 is 1.21 bits per heavy atom. The average Bonchev–Trinajstić information content (AvgIpc) is 3.01. The zero-order valence-electron chi connectivity index (χ0n) is 16.4. The molecular weight excluding hydrogens is 376 g/mol. The van der Waals surface area contributed by atoms with Crippen molar-refractivity contribution < 1.29 is 17.9 Å². The highest BCUT2D eigenvalue weighted by Crippen LogP contribution is 2.34. The molecule has 1 aliphatic heterocycles. The first kappa shape index (κ1) is 20.4. The van der Waals surface area contributed by atoms with Crippen LogP contribution in [0.2, 0.25) is 0 Å². The van der Waals surface area contributed by atoms with Gasteiger partial charge in [0.15, 0.2) is 0 Å². The first-order chi connectivity index (χ1) is 13.3. The molecule has 6 nitrogen and oxygen atoms in total. The zero-order valence-corrected chi connectivity index (χ0v) is 17.3. The monoisotopic (exact) mass is 402 g/mol. The van der Waals surface area contributed by atoms with Gasteiger partial charge >= 0.3 is 0 Å². The van der Waals surface area contributed by atoms with Crippen molar-refractivity contribution in [1.29, 1.82) is 0 Å². The van der Waals surface area contributed by atoms with E-state index in [1.165, 1.54) is 0 Å². The van der Waals surface area contributed by atoms with Crippen molar-refractivity contribution in [3.05, 3.63) is 59.2 Å². The van der Waals surface area contributed by atoms with E-state index in [0.29, 0.717) is 17.7 Å². The molecule has 28 heavy (non-hydrogen) atoms. The number of nitrogens with one attached hydrogen (secondary N) is 1. The number of hydrogen-bond acceptors (Lipinski definition) is 4. The fraction of sp³-hybridized carbons (Fsp3) is 0.381. The van der Waals surface area contributed by atoms with Crippen LogP contribution in [0.25, 0.3) is 0 Å². The number of nitrogens with zero attached hydrogens (tertiary/aromatic N) is 1. The number of fused-ring (bicyclic) bond motifs is 1. The number of ether oxygens (including phenoxy) is 1. The Labute approximate surface area is 166 Å². The molecule has 1 amide bonds. The van der Waals surface area contributed by atoms with Crippen LogP contribution in [-0.4, -0.2) is 33.2 Å². The molecule has 2 aromatic rings. The molecule has 7 heteroatoms. The Bertz CT molecular complexity index is 955. The summed E-state index contributed by atoms with van der Waals surface area (Å²) in [5.41, 5.74) is 3.37. The van der Waals surface area contributed by atoms with Crippen LogP contribution in [0.4, 0.5) is 5.69 Å². The fourth-order valence-corrected chi connectivity index (χ4v) is 4.55. The SMILES string of the molecule is CCCS(=O)(=O)NCc1ccc2c(c1)N(C(=O)c1ccc(OC)cc1)[C@H](C)C2. The Morgan fingerprint density at radius 2 is 1.93 bits per heavy atom. The minimum atomic E-state index is -3.28. The van der Waals surface area contributed by atoms with Gasteiger partial charge in [-0.15, -0.1) is 0 Å². The molecular formula is C21H26N2O4S. The highest BCUT2D eigenvalue weighted by Gasteiger charge is 2.31. The quantitative estimate of drug-likeness (QED) is 0.772. The summed E-state index contributed by atoms with van der Waals surface area (Å²) in [7, 11) is -1.69. The molecule has 1 heterocycles. The summed E-state index contributed by atoms with van der Waals surface area (Å²) in [5.74, 6) is 0.738. The topological polar surface area (TPSA) is 75.7 Å². The lowest BCUT2D eigenvalue weighted by molar-refractivity contribution is 0.0981. The van der Waals surface area contributed by atoms with Crippen LogP contribution in [0.15, 0.2) is 42.5 Å². The van der Waals surface area contributed by atoms with Gasteiger partial charge in [-0.1, -0.05) is 19.1 Å². The van der Waals surface area contributed by atoms with Gasteiger partial charge in [0.1, 0.15) is 5.75 Å². The molecule has 2 aromatic carbocycles. The van der Waals surface area contributed by atoms with Crippen LogP contribution < -0.4 is 14.4 Å². The molecule has 0 aliphatic carbocycles. The lowest BCUT2D eigenvalue weighted by Gasteiger charge is -2.23. The normalized spacial score (nSPS) is 16.1. The van der Waals surface area contributed by atoms with E-state index in [1.807, 2.05) is 32.0 Å². The van der Waals surface area contributed by atoms with Crippen molar-refractivity contribution in [2.24, 2.45) is 0 Å². The average molecular weight is 403 g/mol. The second kappa shape index (κ2) is 8.32. The van der Waals surface area contributed by atoms with Gasteiger partial charge in [-0.3, -0.25) is 4.79 Å². The molecule has 150 valence electrons. The highest BCUT2D eigenvalue weighted by atomic mass is 32.2. The Kier molecular flexibility index (Phi) is 6.05. The van der Waals surface area contributed by atoms with Crippen molar-refractivity contribution in [3.8, 4) is 5.75 Å². The van der Waals surface area contributed by atoms with Gasteiger partial charge in [0, 0.05) is 23.8 Å². The molecule has 1 N–H and O–H groups in total. The maximum atomic E-state index is 13.1. The lowest BCUT2D eigenvalue weighted by Crippen LogP contribution is -2.35. The van der Waals surface area contributed by atoms with E-state index in [9.17, 15) is 13.2 Å². The van der Waals surface area contributed by atoms with Gasteiger partial charge in [0.2, 0.25) is 10.0 Å². The van der Waals surface area contributed by atoms with Crippen molar-refractivity contribution in [2.45, 2.75) is 39.3 Å². The smallest absolute Gasteiger partial charge is 0.258 e. The molecule has 1 aliphatic rings. The van der Waals surface area contributed by atoms with Crippen molar-refractivity contribution in [3.63, 3.8) is 0 Å². The lowest BCUT2D eigenvalue weighted by atomic mass is 10.1. The number of benzene rings is 2. The van der Waals surface area contributed by atoms with Gasteiger partial charge < -0.3 is 9.64 Å². The van der Waals surface area contributed by atoms with Crippen LogP contribution in [0.1, 0.15) is 41.8 Å². The van der Waals surface area contributed by atoms with E-state index in [0.717, 1.165) is 23.2 Å². The summed E-state index contributed by atoms with van der Waals surface area (Å²) in [6.07, 6.45) is 1.35. The van der Waals surface area contributed by atoms with Crippen molar-refractivity contribution >= 4 is 21.6 Å². The third-order valence-corrected chi connectivity index (χ3v) is 6.42. The first-order valence-electron chi connectivity index (χ1n) is 9.41. The number of anilines is 1. The predicted octanol–water partition coefficient (Wildman–Crippen LogP) is 3.12. The molecule has 0 saturated carbocycles. The number of rotatable bonds is 7. The summed E-state index contributed by atoms with van der Waals surface area (Å²) in [6, 6.07) is 12.9. The van der Waals surface area contributed by atoms with Gasteiger partial charge in [0.25, 0.3) is 5.91 Å². The minimum Gasteiger partial charge on any atom is -0.497 e. The molecule has 0 spiro atoms. The Balaban J connectivity index is 1.83. The number of carbonyl (C=O) groups excluding carboxylic acids is 1. The number of amides is 1. The summed E-state index contributed by atoms with van der Waals surface area (Å²) < 4.78 is 31.6. The van der Waals surface area contributed by atoms with Gasteiger partial charge in [-0.25, -0.2) is 13.1 Å². The van der Waals surface area contributed by atoms with Crippen molar-refractivity contribution in [1.82, 2.24) is 4.72 Å². The van der Waals surface area contributed by atoms with Gasteiger partial charge in [0.05, 0.1) is 12.9 Å². The van der Waals surface area contributed by atoms with Crippen LogP contribution in [0.3, 0.4) is 0 Å². The zero-order chi connectivity index (χ0) is 20.3.